The largest absolute Gasteiger partial charge is 0.396 e. The molecule has 2 unspecified atom stereocenters. The second kappa shape index (κ2) is 5.88. The van der Waals surface area contributed by atoms with Gasteiger partial charge in [0.1, 0.15) is 5.82 Å². The second-order valence-corrected chi connectivity index (χ2v) is 4.76. The van der Waals surface area contributed by atoms with E-state index in [9.17, 15) is 5.11 Å². The van der Waals surface area contributed by atoms with Gasteiger partial charge in [0.25, 0.3) is 0 Å². The molecule has 0 aliphatic carbocycles. The number of hydrogen-bond donors (Lipinski definition) is 3. The number of rotatable bonds is 6. The fourth-order valence-electron chi connectivity index (χ4n) is 1.81. The van der Waals surface area contributed by atoms with Crippen LogP contribution >= 0.6 is 0 Å². The van der Waals surface area contributed by atoms with Gasteiger partial charge >= 0.3 is 0 Å². The molecule has 0 radical (unpaired) electrons. The van der Waals surface area contributed by atoms with Crippen molar-refractivity contribution < 1.29 is 5.11 Å². The first-order valence-corrected chi connectivity index (χ1v) is 6.60. The van der Waals surface area contributed by atoms with Gasteiger partial charge in [-0.2, -0.15) is 0 Å². The van der Waals surface area contributed by atoms with E-state index in [0.29, 0.717) is 0 Å². The summed E-state index contributed by atoms with van der Waals surface area (Å²) in [5, 5.41) is 15.7. The van der Waals surface area contributed by atoms with Gasteiger partial charge in [0.2, 0.25) is 0 Å². The molecular weight excluding hydrogens is 242 g/mol. The van der Waals surface area contributed by atoms with Crippen molar-refractivity contribution >= 4 is 17.3 Å². The van der Waals surface area contributed by atoms with E-state index in [2.05, 4.69) is 20.6 Å². The van der Waals surface area contributed by atoms with Crippen molar-refractivity contribution in [2.75, 3.05) is 23.8 Å². The second-order valence-electron chi connectivity index (χ2n) is 4.76. The minimum absolute atomic E-state index is 0.120. The summed E-state index contributed by atoms with van der Waals surface area (Å²) < 4.78 is 1.93. The van der Waals surface area contributed by atoms with E-state index in [1.807, 2.05) is 37.6 Å². The summed E-state index contributed by atoms with van der Waals surface area (Å²) in [7, 11) is 0. The zero-order chi connectivity index (χ0) is 13.8. The zero-order valence-electron chi connectivity index (χ0n) is 11.6. The highest BCUT2D eigenvalue weighted by molar-refractivity contribution is 5.65. The van der Waals surface area contributed by atoms with E-state index in [1.54, 1.807) is 6.20 Å². The van der Waals surface area contributed by atoms with Gasteiger partial charge in [-0.15, -0.1) is 0 Å². The fraction of sp³-hybridized carbons (Fsp3) is 0.538. The van der Waals surface area contributed by atoms with E-state index in [-0.39, 0.29) is 18.6 Å². The number of imidazole rings is 1. The van der Waals surface area contributed by atoms with Gasteiger partial charge in [-0.25, -0.2) is 9.97 Å². The lowest BCUT2D eigenvalue weighted by Gasteiger charge is -2.20. The molecule has 2 heterocycles. The summed E-state index contributed by atoms with van der Waals surface area (Å²) in [6.45, 7) is 7.01. The van der Waals surface area contributed by atoms with E-state index in [1.165, 1.54) is 0 Å². The Balaban J connectivity index is 2.31. The maximum Gasteiger partial charge on any atom is 0.180 e. The number of hydrogen-bond acceptors (Lipinski definition) is 5. The smallest absolute Gasteiger partial charge is 0.180 e. The van der Waals surface area contributed by atoms with Crippen LogP contribution < -0.4 is 10.6 Å². The monoisotopic (exact) mass is 263 g/mol. The van der Waals surface area contributed by atoms with Crippen molar-refractivity contribution in [1.82, 2.24) is 14.4 Å². The van der Waals surface area contributed by atoms with E-state index in [0.717, 1.165) is 23.8 Å². The molecule has 0 saturated carbocycles. The van der Waals surface area contributed by atoms with Crippen LogP contribution in [0.2, 0.25) is 0 Å². The lowest BCUT2D eigenvalue weighted by Crippen LogP contribution is -2.27. The molecule has 2 aromatic rings. The summed E-state index contributed by atoms with van der Waals surface area (Å²) in [6.07, 6.45) is 5.55. The Bertz CT molecular complexity index is 539. The van der Waals surface area contributed by atoms with Gasteiger partial charge in [-0.1, -0.05) is 6.92 Å². The standard InChI is InChI=1S/C13H21N5O/c1-4-14-11-7-18-6-5-15-13(18)12(17-11)16-10(3)9(2)8-19/h5-7,9-10,14,19H,4,8H2,1-3H3,(H,16,17). The average Bonchev–Trinajstić information content (AvgIpc) is 2.86. The molecule has 0 fully saturated rings. The van der Waals surface area contributed by atoms with Crippen LogP contribution in [0.15, 0.2) is 18.6 Å². The van der Waals surface area contributed by atoms with Crippen molar-refractivity contribution in [3.05, 3.63) is 18.6 Å². The van der Waals surface area contributed by atoms with Crippen LogP contribution in [0.3, 0.4) is 0 Å². The Morgan fingerprint density at radius 2 is 2.21 bits per heavy atom. The summed E-state index contributed by atoms with van der Waals surface area (Å²) >= 11 is 0. The number of nitrogens with zero attached hydrogens (tertiary/aromatic N) is 3. The fourth-order valence-corrected chi connectivity index (χ4v) is 1.81. The molecule has 0 aromatic carbocycles. The third-order valence-corrected chi connectivity index (χ3v) is 3.24. The predicted octanol–water partition coefficient (Wildman–Crippen LogP) is 1.59. The zero-order valence-corrected chi connectivity index (χ0v) is 11.6. The Morgan fingerprint density at radius 1 is 1.42 bits per heavy atom. The first-order chi connectivity index (χ1) is 9.15. The maximum absolute atomic E-state index is 9.20. The van der Waals surface area contributed by atoms with Gasteiger partial charge in [0.05, 0.1) is 6.20 Å². The van der Waals surface area contributed by atoms with Crippen LogP contribution in [-0.2, 0) is 0 Å². The molecule has 0 amide bonds. The highest BCUT2D eigenvalue weighted by atomic mass is 16.3. The molecule has 3 N–H and O–H groups in total. The van der Waals surface area contributed by atoms with Gasteiger partial charge in [0.15, 0.2) is 11.5 Å². The molecule has 2 aromatic heterocycles. The summed E-state index contributed by atoms with van der Waals surface area (Å²) in [5.41, 5.74) is 0.790. The number of nitrogens with one attached hydrogen (secondary N) is 2. The molecule has 19 heavy (non-hydrogen) atoms. The molecular formula is C13H21N5O. The Kier molecular flexibility index (Phi) is 4.21. The van der Waals surface area contributed by atoms with Crippen LogP contribution in [0.4, 0.5) is 11.6 Å². The molecule has 2 atom stereocenters. The quantitative estimate of drug-likeness (QED) is 0.738. The predicted molar refractivity (Wildman–Crippen MR) is 76.5 cm³/mol. The number of aliphatic hydroxyl groups is 1. The summed E-state index contributed by atoms with van der Waals surface area (Å²) in [4.78, 5) is 8.84. The third kappa shape index (κ3) is 2.96. The van der Waals surface area contributed by atoms with Crippen LogP contribution in [0.25, 0.3) is 5.65 Å². The average molecular weight is 263 g/mol. The van der Waals surface area contributed by atoms with E-state index >= 15 is 0 Å². The molecule has 6 nitrogen and oxygen atoms in total. The van der Waals surface area contributed by atoms with Crippen LogP contribution in [-0.4, -0.2) is 38.7 Å². The van der Waals surface area contributed by atoms with E-state index in [4.69, 9.17) is 0 Å². The number of aliphatic hydroxyl groups excluding tert-OH is 1. The lowest BCUT2D eigenvalue weighted by molar-refractivity contribution is 0.226. The molecule has 0 aliphatic rings. The van der Waals surface area contributed by atoms with Crippen molar-refractivity contribution in [2.45, 2.75) is 26.8 Å². The lowest BCUT2D eigenvalue weighted by atomic mass is 10.1. The topological polar surface area (TPSA) is 74.5 Å². The Morgan fingerprint density at radius 3 is 2.89 bits per heavy atom. The van der Waals surface area contributed by atoms with Crippen LogP contribution in [0.1, 0.15) is 20.8 Å². The maximum atomic E-state index is 9.20. The van der Waals surface area contributed by atoms with Crippen LogP contribution in [0.5, 0.6) is 0 Å². The molecule has 0 saturated heterocycles. The molecule has 6 heteroatoms. The summed E-state index contributed by atoms with van der Waals surface area (Å²) in [6, 6.07) is 0.120. The number of aromatic nitrogens is 3. The Hall–Kier alpha value is -1.82. The SMILES string of the molecule is CCNc1cn2ccnc2c(NC(C)C(C)CO)n1. The highest BCUT2D eigenvalue weighted by Gasteiger charge is 2.14. The van der Waals surface area contributed by atoms with Crippen molar-refractivity contribution in [3.63, 3.8) is 0 Å². The minimum Gasteiger partial charge on any atom is -0.396 e. The van der Waals surface area contributed by atoms with Gasteiger partial charge < -0.3 is 20.1 Å². The summed E-state index contributed by atoms with van der Waals surface area (Å²) in [5.74, 6) is 1.69. The van der Waals surface area contributed by atoms with Crippen molar-refractivity contribution in [3.8, 4) is 0 Å². The third-order valence-electron chi connectivity index (χ3n) is 3.24. The molecule has 104 valence electrons. The molecule has 0 spiro atoms. The molecule has 2 rings (SSSR count). The minimum atomic E-state index is 0.120. The van der Waals surface area contributed by atoms with Gasteiger partial charge in [-0.05, 0) is 19.8 Å². The highest BCUT2D eigenvalue weighted by Crippen LogP contribution is 2.18. The van der Waals surface area contributed by atoms with Gasteiger partial charge in [-0.3, -0.25) is 0 Å². The molecule has 0 bridgehead atoms. The van der Waals surface area contributed by atoms with Gasteiger partial charge in [0, 0.05) is 31.6 Å². The number of anilines is 2. The normalized spacial score (nSPS) is 14.3. The Labute approximate surface area is 112 Å². The molecule has 0 aliphatic heterocycles. The van der Waals surface area contributed by atoms with E-state index < -0.39 is 0 Å². The van der Waals surface area contributed by atoms with Crippen LogP contribution in [0, 0.1) is 5.92 Å². The first kappa shape index (κ1) is 13.6. The first-order valence-electron chi connectivity index (χ1n) is 6.60. The number of fused-ring (bicyclic) bond motifs is 1. The van der Waals surface area contributed by atoms with Crippen molar-refractivity contribution in [2.24, 2.45) is 5.92 Å². The van der Waals surface area contributed by atoms with Crippen molar-refractivity contribution in [1.29, 1.82) is 0 Å².